The first-order valence-electron chi connectivity index (χ1n) is 8.30. The van der Waals surface area contributed by atoms with E-state index in [2.05, 4.69) is 10.3 Å². The maximum Gasteiger partial charge on any atom is 0.326 e. The van der Waals surface area contributed by atoms with Gasteiger partial charge in [0.1, 0.15) is 12.1 Å². The Morgan fingerprint density at radius 2 is 1.58 bits per heavy atom. The number of hydrogen-bond donors (Lipinski definition) is 2. The second kappa shape index (κ2) is 9.36. The minimum absolute atomic E-state index is 0.102. The second-order valence-corrected chi connectivity index (χ2v) is 5.95. The molecule has 1 unspecified atom stereocenters. The van der Waals surface area contributed by atoms with Gasteiger partial charge in [-0.3, -0.25) is 9.79 Å². The lowest BCUT2D eigenvalue weighted by Crippen LogP contribution is -2.46. The van der Waals surface area contributed by atoms with Crippen molar-refractivity contribution in [2.45, 2.75) is 31.8 Å². The van der Waals surface area contributed by atoms with Crippen LogP contribution in [0.3, 0.4) is 0 Å². The first-order valence-corrected chi connectivity index (χ1v) is 8.30. The molecule has 0 spiro atoms. The summed E-state index contributed by atoms with van der Waals surface area (Å²) in [6.07, 6.45) is 0.261. The van der Waals surface area contributed by atoms with Crippen molar-refractivity contribution in [3.63, 3.8) is 0 Å². The molecule has 2 atom stereocenters. The van der Waals surface area contributed by atoms with E-state index in [-0.39, 0.29) is 12.8 Å². The number of carbonyl (C=O) groups is 2. The largest absolute Gasteiger partial charge is 0.862 e. The van der Waals surface area contributed by atoms with E-state index in [1.54, 1.807) is 36.4 Å². The molecular formula is C20H21N2O4-. The fourth-order valence-corrected chi connectivity index (χ4v) is 2.43. The van der Waals surface area contributed by atoms with Gasteiger partial charge in [-0.25, -0.2) is 4.79 Å². The number of benzene rings is 2. The van der Waals surface area contributed by atoms with Gasteiger partial charge in [0.25, 0.3) is 0 Å². The highest BCUT2D eigenvalue weighted by Crippen LogP contribution is 2.05. The van der Waals surface area contributed by atoms with Crippen molar-refractivity contribution in [3.8, 4) is 0 Å². The first-order chi connectivity index (χ1) is 12.5. The Hall–Kier alpha value is -3.15. The molecule has 0 bridgehead atoms. The lowest BCUT2D eigenvalue weighted by molar-refractivity contribution is -0.218. The molecule has 0 aliphatic carbocycles. The first kappa shape index (κ1) is 19.2. The SMILES string of the molecule is C[C@@H](N=C([O-])Cc1ccccc1)C(=O)NC(Cc1ccccc1)C(=O)O. The van der Waals surface area contributed by atoms with E-state index >= 15 is 0 Å². The standard InChI is InChI=1S/C20H22N2O4/c1-14(21-18(23)13-16-10-6-3-7-11-16)19(24)22-17(20(25)26)12-15-8-4-2-5-9-15/h2-11,14,17H,12-13H2,1H3,(H,21,23)(H,22,24)(H,25,26)/p-1/t14-,17?/m1/s1. The van der Waals surface area contributed by atoms with Crippen molar-refractivity contribution in [1.29, 1.82) is 0 Å². The third-order valence-corrected chi connectivity index (χ3v) is 3.81. The van der Waals surface area contributed by atoms with E-state index in [1.165, 1.54) is 6.92 Å². The molecule has 2 aromatic carbocycles. The fourth-order valence-electron chi connectivity index (χ4n) is 2.43. The van der Waals surface area contributed by atoms with Gasteiger partial charge in [-0.15, -0.1) is 0 Å². The summed E-state index contributed by atoms with van der Waals surface area (Å²) in [4.78, 5) is 27.5. The molecule has 0 aliphatic heterocycles. The zero-order valence-corrected chi connectivity index (χ0v) is 14.5. The molecule has 6 heteroatoms. The van der Waals surface area contributed by atoms with Gasteiger partial charge in [0.2, 0.25) is 5.91 Å². The highest BCUT2D eigenvalue weighted by atomic mass is 16.4. The molecule has 0 radical (unpaired) electrons. The summed E-state index contributed by atoms with van der Waals surface area (Å²) in [5.41, 5.74) is 1.60. The van der Waals surface area contributed by atoms with Crippen LogP contribution in [-0.2, 0) is 22.4 Å². The molecule has 0 saturated carbocycles. The number of carboxylic acid groups (broad SMARTS) is 1. The molecule has 0 fully saturated rings. The average molecular weight is 353 g/mol. The number of hydrogen-bond acceptors (Lipinski definition) is 4. The zero-order chi connectivity index (χ0) is 18.9. The predicted molar refractivity (Wildman–Crippen MR) is 96.8 cm³/mol. The van der Waals surface area contributed by atoms with Gasteiger partial charge >= 0.3 is 5.97 Å². The van der Waals surface area contributed by atoms with Crippen molar-refractivity contribution in [2.24, 2.45) is 4.99 Å². The molecule has 0 saturated heterocycles. The van der Waals surface area contributed by atoms with Crippen LogP contribution in [0, 0.1) is 0 Å². The van der Waals surface area contributed by atoms with Crippen molar-refractivity contribution in [3.05, 3.63) is 71.8 Å². The van der Waals surface area contributed by atoms with E-state index in [1.807, 2.05) is 24.3 Å². The van der Waals surface area contributed by atoms with Gasteiger partial charge in [-0.05, 0) is 23.9 Å². The molecule has 2 N–H and O–H groups in total. The third kappa shape index (κ3) is 6.05. The molecule has 2 rings (SSSR count). The number of aliphatic imine (C=N–C) groups is 1. The number of rotatable bonds is 8. The van der Waals surface area contributed by atoms with Gasteiger partial charge in [0.15, 0.2) is 0 Å². The van der Waals surface area contributed by atoms with Crippen molar-refractivity contribution < 1.29 is 19.8 Å². The van der Waals surface area contributed by atoms with Crippen LogP contribution < -0.4 is 10.4 Å². The quantitative estimate of drug-likeness (QED) is 0.550. The minimum Gasteiger partial charge on any atom is -0.862 e. The number of aliphatic carboxylic acids is 1. The van der Waals surface area contributed by atoms with Gasteiger partial charge in [0.05, 0.1) is 0 Å². The highest BCUT2D eigenvalue weighted by Gasteiger charge is 2.22. The van der Waals surface area contributed by atoms with Crippen molar-refractivity contribution in [1.82, 2.24) is 5.32 Å². The van der Waals surface area contributed by atoms with Gasteiger partial charge in [0, 0.05) is 12.8 Å². The monoisotopic (exact) mass is 353 g/mol. The lowest BCUT2D eigenvalue weighted by Gasteiger charge is -2.18. The molecule has 136 valence electrons. The van der Waals surface area contributed by atoms with Gasteiger partial charge < -0.3 is 15.5 Å². The summed E-state index contributed by atoms with van der Waals surface area (Å²) in [7, 11) is 0. The zero-order valence-electron chi connectivity index (χ0n) is 14.5. The van der Waals surface area contributed by atoms with E-state index in [9.17, 15) is 19.8 Å². The molecule has 0 aromatic heterocycles. The number of nitrogens with one attached hydrogen (secondary N) is 1. The van der Waals surface area contributed by atoms with Crippen LogP contribution in [0.2, 0.25) is 0 Å². The molecule has 0 aliphatic rings. The van der Waals surface area contributed by atoms with E-state index < -0.39 is 29.9 Å². The Balaban J connectivity index is 1.97. The summed E-state index contributed by atoms with van der Waals surface area (Å²) in [5, 5.41) is 23.8. The number of carboxylic acids is 1. The molecule has 2 aromatic rings. The fraction of sp³-hybridized carbons (Fsp3) is 0.250. The van der Waals surface area contributed by atoms with Gasteiger partial charge in [-0.2, -0.15) is 0 Å². The Kier molecular flexibility index (Phi) is 6.91. The Labute approximate surface area is 152 Å². The van der Waals surface area contributed by atoms with E-state index in [0.29, 0.717) is 0 Å². The summed E-state index contributed by atoms with van der Waals surface area (Å²) >= 11 is 0. The van der Waals surface area contributed by atoms with Crippen LogP contribution in [0.5, 0.6) is 0 Å². The van der Waals surface area contributed by atoms with Crippen LogP contribution in [-0.4, -0.2) is 35.0 Å². The Morgan fingerprint density at radius 3 is 2.12 bits per heavy atom. The van der Waals surface area contributed by atoms with Crippen LogP contribution in [0.1, 0.15) is 18.1 Å². The van der Waals surface area contributed by atoms with Gasteiger partial charge in [-0.1, -0.05) is 60.7 Å². The van der Waals surface area contributed by atoms with Crippen LogP contribution >= 0.6 is 0 Å². The normalized spacial score (nSPS) is 13.7. The van der Waals surface area contributed by atoms with E-state index in [4.69, 9.17) is 0 Å². The number of amides is 1. The van der Waals surface area contributed by atoms with Crippen molar-refractivity contribution in [2.75, 3.05) is 0 Å². The number of carbonyl (C=O) groups excluding carboxylic acids is 1. The minimum atomic E-state index is -1.13. The summed E-state index contributed by atoms with van der Waals surface area (Å²) in [5.74, 6) is -2.14. The predicted octanol–water partition coefficient (Wildman–Crippen LogP) is 1.19. The maximum absolute atomic E-state index is 12.2. The molecule has 6 nitrogen and oxygen atoms in total. The summed E-state index contributed by atoms with van der Waals surface area (Å²) in [6.45, 7) is 1.47. The summed E-state index contributed by atoms with van der Waals surface area (Å²) < 4.78 is 0. The molecule has 1 amide bonds. The van der Waals surface area contributed by atoms with Crippen LogP contribution in [0.4, 0.5) is 0 Å². The molecule has 0 heterocycles. The topological polar surface area (TPSA) is 102 Å². The number of nitrogens with zero attached hydrogens (tertiary/aromatic N) is 1. The smallest absolute Gasteiger partial charge is 0.326 e. The van der Waals surface area contributed by atoms with Crippen molar-refractivity contribution >= 4 is 17.8 Å². The van der Waals surface area contributed by atoms with E-state index in [0.717, 1.165) is 11.1 Å². The van der Waals surface area contributed by atoms with Crippen LogP contribution in [0.15, 0.2) is 65.7 Å². The Bertz CT molecular complexity index is 760. The average Bonchev–Trinajstić information content (AvgIpc) is 2.62. The highest BCUT2D eigenvalue weighted by molar-refractivity contribution is 5.88. The third-order valence-electron chi connectivity index (χ3n) is 3.81. The second-order valence-electron chi connectivity index (χ2n) is 5.95. The maximum atomic E-state index is 12.2. The lowest BCUT2D eigenvalue weighted by atomic mass is 10.1. The summed E-state index contributed by atoms with van der Waals surface area (Å²) in [6, 6.07) is 16.1. The van der Waals surface area contributed by atoms with Crippen LogP contribution in [0.25, 0.3) is 0 Å². The molecule has 26 heavy (non-hydrogen) atoms. The Morgan fingerprint density at radius 1 is 1.04 bits per heavy atom. The molecular weight excluding hydrogens is 332 g/mol.